The Balaban J connectivity index is 0.817. The average Bonchev–Trinajstić information content (AvgIpc) is 1.62. The van der Waals surface area contributed by atoms with Crippen LogP contribution >= 0.6 is 42.4 Å². The van der Waals surface area contributed by atoms with Crippen molar-refractivity contribution in [1.29, 1.82) is 0 Å². The predicted octanol–water partition coefficient (Wildman–Crippen LogP) is 8.45. The summed E-state index contributed by atoms with van der Waals surface area (Å²) in [4.78, 5) is 111. The van der Waals surface area contributed by atoms with Crippen molar-refractivity contribution in [3.63, 3.8) is 0 Å². The molecule has 0 bridgehead atoms. The number of nitrogens with zero attached hydrogens (tertiary/aromatic N) is 4. The number of ether oxygens (including phenoxy) is 10. The van der Waals surface area contributed by atoms with Crippen molar-refractivity contribution in [1.82, 2.24) is 20.4 Å². The number of phosphoric ester groups is 1. The number of nitrogens with two attached hydrogens (primary N) is 2. The minimum atomic E-state index is -5.01. The molecule has 0 saturated heterocycles. The highest BCUT2D eigenvalue weighted by atomic mass is 35.5. The highest BCUT2D eigenvalue weighted by Gasteiger charge is 2.40. The maximum absolute atomic E-state index is 14.8. The Hall–Kier alpha value is -7.33. The lowest BCUT2D eigenvalue weighted by atomic mass is 9.95. The summed E-state index contributed by atoms with van der Waals surface area (Å²) < 4.78 is 73.0. The summed E-state index contributed by atoms with van der Waals surface area (Å²) in [6.45, 7) is 10.5. The molecule has 2 aliphatic heterocycles. The number of amides is 6. The number of nitrogens with one attached hydrogen (secondary N) is 3. The number of hydrogen-bond donors (Lipinski definition) is 7. The van der Waals surface area contributed by atoms with E-state index in [2.05, 4.69) is 16.0 Å². The number of carbonyl (C=O) groups excluding carboxylic acids is 6. The largest absolute Gasteiger partial charge is 0.524 e. The molecule has 4 atom stereocenters. The van der Waals surface area contributed by atoms with Crippen LogP contribution in [0.1, 0.15) is 81.0 Å². The molecule has 4 unspecified atom stereocenters. The van der Waals surface area contributed by atoms with Crippen molar-refractivity contribution in [2.75, 3.05) is 192 Å². The second-order valence-electron chi connectivity index (χ2n) is 25.6. The molecule has 586 valence electrons. The summed E-state index contributed by atoms with van der Waals surface area (Å²) in [6, 6.07) is 26.6. The first-order valence-electron chi connectivity index (χ1n) is 35.7. The topological polar surface area (TPSA) is 363 Å². The second kappa shape index (κ2) is 44.4. The molecule has 5 aromatic carbocycles. The van der Waals surface area contributed by atoms with Gasteiger partial charge in [-0.25, -0.2) is 14.2 Å². The van der Waals surface area contributed by atoms with Gasteiger partial charge >= 0.3 is 20.0 Å². The van der Waals surface area contributed by atoms with Crippen LogP contribution in [0.3, 0.4) is 0 Å². The van der Waals surface area contributed by atoms with E-state index in [0.717, 1.165) is 28.2 Å². The van der Waals surface area contributed by atoms with Crippen molar-refractivity contribution in [3.05, 3.63) is 124 Å². The normalized spacial score (nSPS) is 14.6. The van der Waals surface area contributed by atoms with Crippen LogP contribution in [0.25, 0.3) is 21.5 Å². The van der Waals surface area contributed by atoms with Gasteiger partial charge < -0.3 is 98.9 Å². The van der Waals surface area contributed by atoms with Gasteiger partial charge in [0.1, 0.15) is 24.1 Å². The molecule has 6 aromatic rings. The number of benzene rings is 5. The van der Waals surface area contributed by atoms with Crippen LogP contribution in [-0.2, 0) is 63.4 Å². The molecule has 29 nitrogen and oxygen atoms in total. The van der Waals surface area contributed by atoms with Gasteiger partial charge in [0.2, 0.25) is 11.8 Å². The van der Waals surface area contributed by atoms with Gasteiger partial charge in [-0.05, 0) is 77.0 Å². The fourth-order valence-corrected chi connectivity index (χ4v) is 14.1. The van der Waals surface area contributed by atoms with Crippen molar-refractivity contribution >= 4 is 117 Å². The molecule has 9 N–H and O–H groups in total. The van der Waals surface area contributed by atoms with E-state index in [4.69, 9.17) is 86.6 Å². The SMILES string of the molecule is COCCN(CCN(CCOC)C(=O)Oc1cc2c(c3ccccc13)C(CCl)CN2C(=O)c1ccc(C(=O)N2CC(CCl)c3c2cc(OP(=O)(O)O)c2ccccc32)s1)C(=O)OCc1ccc(NCC(CCCN)NC(=O)C(NC(=O)CCOCCOCCOCCOCCOCCOCCN)C(C)C)cc1. The fourth-order valence-electron chi connectivity index (χ4n) is 12.3. The molecule has 0 spiro atoms. The number of phosphoric acid groups is 1. The van der Waals surface area contributed by atoms with Crippen LogP contribution in [0.5, 0.6) is 11.5 Å². The smallest absolute Gasteiger partial charge is 0.445 e. The minimum Gasteiger partial charge on any atom is -0.445 e. The van der Waals surface area contributed by atoms with Crippen molar-refractivity contribution < 1.29 is 95.0 Å². The average molecular weight is 1570 g/mol. The summed E-state index contributed by atoms with van der Waals surface area (Å²) in [7, 11) is -2.01. The zero-order valence-electron chi connectivity index (χ0n) is 60.9. The van der Waals surface area contributed by atoms with E-state index in [1.54, 1.807) is 47.4 Å². The number of methoxy groups -OCH3 is 2. The summed E-state index contributed by atoms with van der Waals surface area (Å²) in [6.07, 6.45) is -0.142. The number of hydrogen-bond acceptors (Lipinski definition) is 22. The molecular formula is C74H100Cl2N9O20PS. The first kappa shape index (κ1) is 85.3. The van der Waals surface area contributed by atoms with E-state index in [-0.39, 0.29) is 147 Å². The number of carbonyl (C=O) groups is 6. The zero-order valence-corrected chi connectivity index (χ0v) is 64.2. The predicted molar refractivity (Wildman–Crippen MR) is 409 cm³/mol. The van der Waals surface area contributed by atoms with Gasteiger partial charge in [0, 0.05) is 131 Å². The monoisotopic (exact) mass is 1570 g/mol. The Morgan fingerprint density at radius 3 is 1.55 bits per heavy atom. The van der Waals surface area contributed by atoms with Crippen molar-refractivity contribution in [2.45, 2.75) is 63.6 Å². The first-order valence-corrected chi connectivity index (χ1v) is 39.1. The standard InChI is InChI=1S/C74H100Cl2N9O20PS/c1-50(2)69(81-66(86)21-28-97-32-34-99-36-38-101-40-41-102-39-37-100-35-33-98-29-23-78)70(87)80-55(10-9-22-77)46-79-54-17-15-51(16-18-54)49-103-73(90)82(26-30-95-3)24-25-83(27-31-96-4)74(91)104-62-42-60-67(58-13-7-5-11-56(58)62)52(44-75)47-84(60)71(88)64-19-20-65(107-64)72(89)85-48-53(45-76)68-59-14-8-6-12-57(59)63(43-61(68)85)105-106(92,93)94/h5-8,11-20,42-43,50,52-53,55,69,79H,9-10,21-41,44-49,77-78H2,1-4H3,(H,80,87)(H,81,86)(H2,92,93,94). The van der Waals surface area contributed by atoms with Gasteiger partial charge in [0.25, 0.3) is 11.8 Å². The Morgan fingerprint density at radius 1 is 0.598 bits per heavy atom. The summed E-state index contributed by atoms with van der Waals surface area (Å²) in [5.74, 6) is -2.07. The van der Waals surface area contributed by atoms with Gasteiger partial charge in [0.05, 0.1) is 114 Å². The van der Waals surface area contributed by atoms with E-state index in [1.165, 1.54) is 35.0 Å². The van der Waals surface area contributed by atoms with Gasteiger partial charge in [-0.2, -0.15) is 0 Å². The number of alkyl halides is 2. The Labute approximate surface area is 637 Å². The molecule has 0 aliphatic carbocycles. The van der Waals surface area contributed by atoms with Gasteiger partial charge in [-0.1, -0.05) is 74.5 Å². The number of thiophene rings is 1. The zero-order chi connectivity index (χ0) is 76.7. The van der Waals surface area contributed by atoms with Crippen LogP contribution in [0.4, 0.5) is 26.7 Å². The molecule has 0 radical (unpaired) electrons. The maximum Gasteiger partial charge on any atom is 0.524 e. The van der Waals surface area contributed by atoms with Crippen LogP contribution in [0, 0.1) is 5.92 Å². The summed E-state index contributed by atoms with van der Waals surface area (Å²) in [5.41, 5.74) is 15.0. The van der Waals surface area contributed by atoms with Gasteiger partial charge in [-0.15, -0.1) is 34.5 Å². The number of halogens is 2. The summed E-state index contributed by atoms with van der Waals surface area (Å²) >= 11 is 14.2. The molecule has 33 heteroatoms. The molecule has 107 heavy (non-hydrogen) atoms. The van der Waals surface area contributed by atoms with E-state index in [0.29, 0.717) is 137 Å². The first-order chi connectivity index (χ1) is 51.8. The van der Waals surface area contributed by atoms with Gasteiger partial charge in [0.15, 0.2) is 0 Å². The fraction of sp³-hybridized carbons (Fsp3) is 0.514. The lowest BCUT2D eigenvalue weighted by Gasteiger charge is -2.27. The lowest BCUT2D eigenvalue weighted by Crippen LogP contribution is -2.53. The van der Waals surface area contributed by atoms with Crippen LogP contribution < -0.4 is 46.5 Å². The van der Waals surface area contributed by atoms with Gasteiger partial charge in [-0.3, -0.25) is 29.0 Å². The van der Waals surface area contributed by atoms with E-state index < -0.39 is 37.9 Å². The molecule has 1 aromatic heterocycles. The maximum atomic E-state index is 14.8. The number of rotatable bonds is 48. The molecule has 0 fully saturated rings. The molecule has 6 amide bonds. The van der Waals surface area contributed by atoms with Crippen molar-refractivity contribution in [3.8, 4) is 11.5 Å². The third-order valence-corrected chi connectivity index (χ3v) is 19.9. The third-order valence-electron chi connectivity index (χ3n) is 17.7. The number of fused-ring (bicyclic) bond motifs is 6. The molecule has 3 heterocycles. The highest BCUT2D eigenvalue weighted by molar-refractivity contribution is 7.46. The van der Waals surface area contributed by atoms with Crippen LogP contribution in [0.2, 0.25) is 0 Å². The molecule has 0 saturated carbocycles. The Bertz CT molecular complexity index is 3900. The molecule has 2 aliphatic rings. The van der Waals surface area contributed by atoms with E-state index >= 15 is 0 Å². The highest BCUT2D eigenvalue weighted by Crippen LogP contribution is 2.50. The van der Waals surface area contributed by atoms with Crippen molar-refractivity contribution in [2.24, 2.45) is 17.4 Å². The third kappa shape index (κ3) is 25.4. The summed E-state index contributed by atoms with van der Waals surface area (Å²) in [5, 5.41) is 11.7. The Kier molecular flexibility index (Phi) is 35.4. The van der Waals surface area contributed by atoms with E-state index in [1.807, 2.05) is 62.4 Å². The lowest BCUT2D eigenvalue weighted by molar-refractivity contribution is -0.131. The Morgan fingerprint density at radius 2 is 1.07 bits per heavy atom. The molecular weight excluding hydrogens is 1470 g/mol. The van der Waals surface area contributed by atoms with Crippen LogP contribution in [0.15, 0.2) is 97.1 Å². The molecule has 8 rings (SSSR count). The quantitative estimate of drug-likeness (QED) is 0.0107. The minimum absolute atomic E-state index is 0.00750. The van der Waals surface area contributed by atoms with E-state index in [9.17, 15) is 43.1 Å². The van der Waals surface area contributed by atoms with Crippen LogP contribution in [-0.4, -0.2) is 245 Å². The number of anilines is 3. The second-order valence-corrected chi connectivity index (χ2v) is 28.4.